The zero-order valence-corrected chi connectivity index (χ0v) is 14.9. The van der Waals surface area contributed by atoms with Crippen molar-refractivity contribution in [3.63, 3.8) is 0 Å². The largest absolute Gasteiger partial charge is 0.494 e. The fraction of sp³-hybridized carbons (Fsp3) is 0. The first-order chi connectivity index (χ1) is 12.7. The molecule has 2 aromatic heterocycles. The van der Waals surface area contributed by atoms with Crippen molar-refractivity contribution in [2.24, 2.45) is 4.99 Å². The molecule has 4 aromatic rings. The SMILES string of the molecule is O=c1c2ccccc2c(/C=N/c2nccs2)c(O)n1-c1ccccc1Cl. The molecule has 2 aromatic carbocycles. The Labute approximate surface area is 157 Å². The summed E-state index contributed by atoms with van der Waals surface area (Å²) in [6.07, 6.45) is 3.17. The van der Waals surface area contributed by atoms with Crippen LogP contribution in [0, 0.1) is 0 Å². The number of hydrogen-bond donors (Lipinski definition) is 1. The molecule has 0 fully saturated rings. The van der Waals surface area contributed by atoms with E-state index >= 15 is 0 Å². The summed E-state index contributed by atoms with van der Waals surface area (Å²) in [4.78, 5) is 21.4. The normalized spacial score (nSPS) is 11.4. The lowest BCUT2D eigenvalue weighted by molar-refractivity contribution is 0.436. The van der Waals surface area contributed by atoms with Crippen molar-refractivity contribution < 1.29 is 5.11 Å². The van der Waals surface area contributed by atoms with Crippen LogP contribution in [0.25, 0.3) is 16.5 Å². The van der Waals surface area contributed by atoms with Crippen molar-refractivity contribution in [1.82, 2.24) is 9.55 Å². The van der Waals surface area contributed by atoms with E-state index in [1.807, 2.05) is 11.4 Å². The van der Waals surface area contributed by atoms with Crippen LogP contribution >= 0.6 is 22.9 Å². The summed E-state index contributed by atoms with van der Waals surface area (Å²) in [6.45, 7) is 0. The van der Waals surface area contributed by atoms with Gasteiger partial charge < -0.3 is 5.11 Å². The number of nitrogens with zero attached hydrogens (tertiary/aromatic N) is 3. The fourth-order valence-electron chi connectivity index (χ4n) is 2.75. The minimum absolute atomic E-state index is 0.220. The topological polar surface area (TPSA) is 67.5 Å². The van der Waals surface area contributed by atoms with Crippen molar-refractivity contribution in [3.8, 4) is 11.6 Å². The average Bonchev–Trinajstić information content (AvgIpc) is 3.17. The second kappa shape index (κ2) is 6.74. The fourth-order valence-corrected chi connectivity index (χ4v) is 3.44. The molecule has 2 heterocycles. The molecule has 0 saturated carbocycles. The summed E-state index contributed by atoms with van der Waals surface area (Å²) in [5, 5.41) is 14.7. The molecule has 0 saturated heterocycles. The molecule has 0 unspecified atom stereocenters. The molecule has 0 spiro atoms. The number of rotatable bonds is 3. The van der Waals surface area contributed by atoms with Gasteiger partial charge in [0.2, 0.25) is 11.0 Å². The number of hydrogen-bond acceptors (Lipinski definition) is 5. The number of para-hydroxylation sites is 1. The summed E-state index contributed by atoms with van der Waals surface area (Å²) < 4.78 is 1.20. The van der Waals surface area contributed by atoms with Gasteiger partial charge in [-0.3, -0.25) is 4.79 Å². The molecular weight excluding hydrogens is 370 g/mol. The van der Waals surface area contributed by atoms with Gasteiger partial charge in [-0.05, 0) is 18.2 Å². The minimum atomic E-state index is -0.349. The highest BCUT2D eigenvalue weighted by Crippen LogP contribution is 2.29. The van der Waals surface area contributed by atoms with E-state index in [9.17, 15) is 9.90 Å². The Balaban J connectivity index is 2.05. The minimum Gasteiger partial charge on any atom is -0.494 e. The maximum absolute atomic E-state index is 13.0. The highest BCUT2D eigenvalue weighted by atomic mass is 35.5. The zero-order chi connectivity index (χ0) is 18.1. The van der Waals surface area contributed by atoms with Gasteiger partial charge in [-0.15, -0.1) is 11.3 Å². The molecule has 5 nitrogen and oxygen atoms in total. The predicted molar refractivity (Wildman–Crippen MR) is 106 cm³/mol. The summed E-state index contributed by atoms with van der Waals surface area (Å²) in [5.41, 5.74) is 0.485. The third kappa shape index (κ3) is 2.79. The Morgan fingerprint density at radius 3 is 2.58 bits per heavy atom. The van der Waals surface area contributed by atoms with E-state index in [1.165, 1.54) is 22.1 Å². The monoisotopic (exact) mass is 381 g/mol. The summed E-state index contributed by atoms with van der Waals surface area (Å²) in [7, 11) is 0. The van der Waals surface area contributed by atoms with Gasteiger partial charge in [-0.1, -0.05) is 41.9 Å². The average molecular weight is 382 g/mol. The maximum atomic E-state index is 13.0. The first-order valence-electron chi connectivity index (χ1n) is 7.72. The molecular formula is C19H12ClN3O2S. The van der Waals surface area contributed by atoms with Crippen molar-refractivity contribution in [2.45, 2.75) is 0 Å². The van der Waals surface area contributed by atoms with Gasteiger partial charge in [0.1, 0.15) is 0 Å². The molecule has 0 aliphatic rings. The third-order valence-electron chi connectivity index (χ3n) is 3.92. The van der Waals surface area contributed by atoms with E-state index in [-0.39, 0.29) is 11.4 Å². The number of aromatic hydroxyl groups is 1. The summed E-state index contributed by atoms with van der Waals surface area (Å²) in [6, 6.07) is 13.9. The van der Waals surface area contributed by atoms with Crippen LogP contribution in [0.3, 0.4) is 0 Å². The van der Waals surface area contributed by atoms with Crippen molar-refractivity contribution >= 4 is 45.1 Å². The highest BCUT2D eigenvalue weighted by molar-refractivity contribution is 7.13. The van der Waals surface area contributed by atoms with Crippen LogP contribution in [0.2, 0.25) is 5.02 Å². The number of pyridine rings is 1. The second-order valence-electron chi connectivity index (χ2n) is 5.45. The lowest BCUT2D eigenvalue weighted by Crippen LogP contribution is -2.20. The van der Waals surface area contributed by atoms with Gasteiger partial charge in [0, 0.05) is 28.6 Å². The number of aliphatic imine (C=N–C) groups is 1. The molecule has 0 radical (unpaired) electrons. The quantitative estimate of drug-likeness (QED) is 0.529. The van der Waals surface area contributed by atoms with Gasteiger partial charge in [0.25, 0.3) is 5.56 Å². The van der Waals surface area contributed by atoms with Crippen LogP contribution in [0.1, 0.15) is 5.56 Å². The van der Waals surface area contributed by atoms with Gasteiger partial charge in [0.15, 0.2) is 0 Å². The predicted octanol–water partition coefficient (Wildman–Crippen LogP) is 4.56. The van der Waals surface area contributed by atoms with Crippen LogP contribution in [-0.4, -0.2) is 20.9 Å². The van der Waals surface area contributed by atoms with Gasteiger partial charge in [-0.25, -0.2) is 14.5 Å². The van der Waals surface area contributed by atoms with E-state index in [0.717, 1.165) is 0 Å². The number of aromatic nitrogens is 2. The van der Waals surface area contributed by atoms with Crippen molar-refractivity contribution in [2.75, 3.05) is 0 Å². The van der Waals surface area contributed by atoms with Crippen LogP contribution < -0.4 is 5.56 Å². The molecule has 128 valence electrons. The molecule has 0 aliphatic heterocycles. The number of benzene rings is 2. The zero-order valence-electron chi connectivity index (χ0n) is 13.3. The number of thiazole rings is 1. The van der Waals surface area contributed by atoms with Crippen LogP contribution in [-0.2, 0) is 0 Å². The third-order valence-corrected chi connectivity index (χ3v) is 4.92. The Kier molecular flexibility index (Phi) is 4.28. The van der Waals surface area contributed by atoms with Gasteiger partial charge >= 0.3 is 0 Å². The number of fused-ring (bicyclic) bond motifs is 1. The Morgan fingerprint density at radius 1 is 1.12 bits per heavy atom. The van der Waals surface area contributed by atoms with Crippen molar-refractivity contribution in [3.05, 3.63) is 81.0 Å². The van der Waals surface area contributed by atoms with Gasteiger partial charge in [0.05, 0.1) is 16.3 Å². The molecule has 26 heavy (non-hydrogen) atoms. The first-order valence-corrected chi connectivity index (χ1v) is 8.98. The van der Waals surface area contributed by atoms with E-state index in [0.29, 0.717) is 32.2 Å². The molecule has 0 aliphatic carbocycles. The molecule has 1 N–H and O–H groups in total. The van der Waals surface area contributed by atoms with Crippen LogP contribution in [0.5, 0.6) is 5.88 Å². The second-order valence-corrected chi connectivity index (χ2v) is 6.73. The number of halogens is 1. The standard InChI is InChI=1S/C19H12ClN3O2S/c20-15-7-3-4-8-16(15)23-17(24)13-6-2-1-5-12(13)14(18(23)25)11-22-19-21-9-10-26-19/h1-11,25H/b22-11+. The van der Waals surface area contributed by atoms with Crippen molar-refractivity contribution in [1.29, 1.82) is 0 Å². The molecule has 4 rings (SSSR count). The summed E-state index contributed by atoms with van der Waals surface area (Å²) in [5.74, 6) is -0.220. The van der Waals surface area contributed by atoms with E-state index < -0.39 is 0 Å². The lowest BCUT2D eigenvalue weighted by Gasteiger charge is -2.14. The maximum Gasteiger partial charge on any atom is 0.265 e. The van der Waals surface area contributed by atoms with E-state index in [2.05, 4.69) is 9.98 Å². The highest BCUT2D eigenvalue weighted by Gasteiger charge is 2.17. The molecule has 0 bridgehead atoms. The summed E-state index contributed by atoms with van der Waals surface area (Å²) >= 11 is 7.63. The Hall–Kier alpha value is -2.96. The van der Waals surface area contributed by atoms with E-state index in [1.54, 1.807) is 48.7 Å². The lowest BCUT2D eigenvalue weighted by atomic mass is 10.1. The van der Waals surface area contributed by atoms with Crippen LogP contribution in [0.15, 0.2) is 69.9 Å². The Morgan fingerprint density at radius 2 is 1.85 bits per heavy atom. The molecule has 7 heteroatoms. The van der Waals surface area contributed by atoms with Gasteiger partial charge in [-0.2, -0.15) is 0 Å². The molecule has 0 atom stereocenters. The smallest absolute Gasteiger partial charge is 0.265 e. The first kappa shape index (κ1) is 16.5. The molecule has 0 amide bonds. The van der Waals surface area contributed by atoms with Crippen LogP contribution in [0.4, 0.5) is 5.13 Å². The van der Waals surface area contributed by atoms with E-state index in [4.69, 9.17) is 11.6 Å². The Bertz CT molecular complexity index is 1180.